The fourth-order valence-electron chi connectivity index (χ4n) is 5.27. The van der Waals surface area contributed by atoms with Gasteiger partial charge in [-0.1, -0.05) is 60.7 Å². The number of rotatable bonds is 2. The summed E-state index contributed by atoms with van der Waals surface area (Å²) in [5.74, 6) is 0.870. The van der Waals surface area contributed by atoms with Gasteiger partial charge in [-0.25, -0.2) is 0 Å². The Morgan fingerprint density at radius 2 is 1.26 bits per heavy atom. The lowest BCUT2D eigenvalue weighted by Gasteiger charge is -2.15. The number of aryl methyl sites for hydroxylation is 2. The Balaban J connectivity index is 1.47. The number of aromatic nitrogens is 4. The Morgan fingerprint density at radius 1 is 0.618 bits per heavy atom. The number of pyridine rings is 1. The van der Waals surface area contributed by atoms with Crippen molar-refractivity contribution in [2.45, 2.75) is 13.8 Å². The van der Waals surface area contributed by atoms with Crippen molar-refractivity contribution in [3.8, 4) is 17.1 Å². The minimum absolute atomic E-state index is 0.870. The van der Waals surface area contributed by atoms with E-state index in [2.05, 4.69) is 124 Å². The summed E-state index contributed by atoms with van der Waals surface area (Å²) in [6.45, 7) is 4.34. The van der Waals surface area contributed by atoms with Gasteiger partial charge in [0.05, 0.1) is 11.0 Å². The van der Waals surface area contributed by atoms with E-state index in [0.717, 1.165) is 22.4 Å². The summed E-state index contributed by atoms with van der Waals surface area (Å²) >= 11 is 0. The third-order valence-corrected chi connectivity index (χ3v) is 6.91. The standard InChI is InChI=1S/C30H22N4/c1-19-18-28(34-26-13-7-5-11-23(26)24-12-6-8-14-27(24)34)20(2)17-25(19)30-32-31-29-22-10-4-3-9-21(22)15-16-33(29)30/h3-18H,1-2H3. The van der Waals surface area contributed by atoms with Gasteiger partial charge in [0.25, 0.3) is 0 Å². The zero-order valence-electron chi connectivity index (χ0n) is 19.0. The van der Waals surface area contributed by atoms with E-state index >= 15 is 0 Å². The van der Waals surface area contributed by atoms with Crippen LogP contribution in [0.25, 0.3) is 55.3 Å². The molecule has 4 aromatic carbocycles. The molecule has 3 aromatic heterocycles. The van der Waals surface area contributed by atoms with Crippen molar-refractivity contribution < 1.29 is 0 Å². The number of hydrogen-bond acceptors (Lipinski definition) is 2. The van der Waals surface area contributed by atoms with Crippen LogP contribution in [0.4, 0.5) is 0 Å². The molecule has 0 atom stereocenters. The molecule has 0 amide bonds. The van der Waals surface area contributed by atoms with Crippen LogP contribution in [-0.4, -0.2) is 19.2 Å². The van der Waals surface area contributed by atoms with Crippen LogP contribution in [0.15, 0.2) is 97.2 Å². The smallest absolute Gasteiger partial charge is 0.168 e. The molecule has 0 saturated carbocycles. The van der Waals surface area contributed by atoms with Gasteiger partial charge in [0, 0.05) is 33.6 Å². The summed E-state index contributed by atoms with van der Waals surface area (Å²) in [4.78, 5) is 0. The van der Waals surface area contributed by atoms with E-state index in [1.807, 2.05) is 6.07 Å². The lowest BCUT2D eigenvalue weighted by molar-refractivity contribution is 1.09. The maximum atomic E-state index is 4.62. The number of fused-ring (bicyclic) bond motifs is 6. The Bertz CT molecular complexity index is 1830. The van der Waals surface area contributed by atoms with Crippen LogP contribution >= 0.6 is 0 Å². The molecule has 0 saturated heterocycles. The first-order chi connectivity index (χ1) is 16.7. The molecule has 0 aliphatic rings. The highest BCUT2D eigenvalue weighted by molar-refractivity contribution is 6.09. The molecule has 0 aliphatic heterocycles. The quantitative estimate of drug-likeness (QED) is 0.285. The highest BCUT2D eigenvalue weighted by Crippen LogP contribution is 2.35. The number of benzene rings is 4. The molecule has 34 heavy (non-hydrogen) atoms. The zero-order chi connectivity index (χ0) is 22.8. The second-order valence-corrected chi connectivity index (χ2v) is 8.94. The van der Waals surface area contributed by atoms with Crippen molar-refractivity contribution >= 4 is 38.2 Å². The van der Waals surface area contributed by atoms with Crippen LogP contribution in [0.2, 0.25) is 0 Å². The molecule has 7 aromatic rings. The van der Waals surface area contributed by atoms with Gasteiger partial charge in [0.1, 0.15) is 0 Å². The van der Waals surface area contributed by atoms with Crippen molar-refractivity contribution in [3.05, 3.63) is 108 Å². The average molecular weight is 439 g/mol. The van der Waals surface area contributed by atoms with Gasteiger partial charge < -0.3 is 4.57 Å². The molecule has 0 bridgehead atoms. The summed E-state index contributed by atoms with van der Waals surface area (Å²) in [6.07, 6.45) is 2.07. The van der Waals surface area contributed by atoms with Crippen molar-refractivity contribution in [2.24, 2.45) is 0 Å². The molecule has 0 aliphatic carbocycles. The number of hydrogen-bond donors (Lipinski definition) is 0. The van der Waals surface area contributed by atoms with E-state index in [1.54, 1.807) is 0 Å². The van der Waals surface area contributed by atoms with Gasteiger partial charge in [-0.2, -0.15) is 0 Å². The van der Waals surface area contributed by atoms with Crippen LogP contribution in [0.3, 0.4) is 0 Å². The molecule has 0 unspecified atom stereocenters. The van der Waals surface area contributed by atoms with E-state index in [9.17, 15) is 0 Å². The van der Waals surface area contributed by atoms with Gasteiger partial charge in [-0.05, 0) is 60.7 Å². The van der Waals surface area contributed by atoms with Crippen LogP contribution in [0.1, 0.15) is 11.1 Å². The average Bonchev–Trinajstić information content (AvgIpc) is 3.45. The summed E-state index contributed by atoms with van der Waals surface area (Å²) in [6, 6.07) is 32.2. The van der Waals surface area contributed by atoms with E-state index in [0.29, 0.717) is 0 Å². The molecule has 162 valence electrons. The normalized spacial score (nSPS) is 11.8. The summed E-state index contributed by atoms with van der Waals surface area (Å²) in [7, 11) is 0. The lowest BCUT2D eigenvalue weighted by Crippen LogP contribution is -2.00. The largest absolute Gasteiger partial charge is 0.309 e. The first-order valence-electron chi connectivity index (χ1n) is 11.5. The van der Waals surface area contributed by atoms with E-state index < -0.39 is 0 Å². The molecule has 0 fully saturated rings. The molecule has 3 heterocycles. The number of para-hydroxylation sites is 2. The molecular formula is C30H22N4. The maximum absolute atomic E-state index is 4.62. The van der Waals surface area contributed by atoms with Crippen molar-refractivity contribution in [3.63, 3.8) is 0 Å². The predicted molar refractivity (Wildman–Crippen MR) is 140 cm³/mol. The second kappa shape index (κ2) is 7.03. The molecule has 0 radical (unpaired) electrons. The first-order valence-corrected chi connectivity index (χ1v) is 11.5. The monoisotopic (exact) mass is 438 g/mol. The van der Waals surface area contributed by atoms with E-state index in [1.165, 1.54) is 44.0 Å². The van der Waals surface area contributed by atoms with Crippen molar-refractivity contribution in [2.75, 3.05) is 0 Å². The van der Waals surface area contributed by atoms with E-state index in [4.69, 9.17) is 0 Å². The molecule has 4 nitrogen and oxygen atoms in total. The molecule has 0 spiro atoms. The van der Waals surface area contributed by atoms with Gasteiger partial charge >= 0.3 is 0 Å². The Morgan fingerprint density at radius 3 is 2.00 bits per heavy atom. The molecule has 7 rings (SSSR count). The SMILES string of the molecule is Cc1cc(-n2c3ccccc3c3ccccc32)c(C)cc1-c1nnc2c3ccccc3ccn12. The summed E-state index contributed by atoms with van der Waals surface area (Å²) in [5.41, 5.74) is 7.99. The Labute approximate surface area is 196 Å². The van der Waals surface area contributed by atoms with Crippen molar-refractivity contribution in [1.82, 2.24) is 19.2 Å². The zero-order valence-corrected chi connectivity index (χ0v) is 19.0. The first kappa shape index (κ1) is 19.1. The number of nitrogens with zero attached hydrogens (tertiary/aromatic N) is 4. The van der Waals surface area contributed by atoms with E-state index in [-0.39, 0.29) is 0 Å². The van der Waals surface area contributed by atoms with Gasteiger partial charge in [-0.3, -0.25) is 4.40 Å². The highest BCUT2D eigenvalue weighted by Gasteiger charge is 2.17. The predicted octanol–water partition coefficient (Wildman–Crippen LogP) is 7.26. The summed E-state index contributed by atoms with van der Waals surface area (Å²) in [5, 5.41) is 14.0. The highest BCUT2D eigenvalue weighted by atomic mass is 15.2. The topological polar surface area (TPSA) is 35.1 Å². The van der Waals surface area contributed by atoms with Crippen molar-refractivity contribution in [1.29, 1.82) is 0 Å². The van der Waals surface area contributed by atoms with Crippen LogP contribution in [0, 0.1) is 13.8 Å². The molecule has 0 N–H and O–H groups in total. The minimum Gasteiger partial charge on any atom is -0.309 e. The van der Waals surface area contributed by atoms with Crippen LogP contribution in [-0.2, 0) is 0 Å². The van der Waals surface area contributed by atoms with Gasteiger partial charge in [-0.15, -0.1) is 10.2 Å². The Hall–Kier alpha value is -4.44. The fourth-order valence-corrected chi connectivity index (χ4v) is 5.27. The second-order valence-electron chi connectivity index (χ2n) is 8.94. The van der Waals surface area contributed by atoms with Gasteiger partial charge in [0.2, 0.25) is 0 Å². The third kappa shape index (κ3) is 2.59. The Kier molecular flexibility index (Phi) is 3.94. The fraction of sp³-hybridized carbons (Fsp3) is 0.0667. The summed E-state index contributed by atoms with van der Waals surface area (Å²) < 4.78 is 4.48. The van der Waals surface area contributed by atoms with Gasteiger partial charge in [0.15, 0.2) is 11.5 Å². The van der Waals surface area contributed by atoms with Crippen LogP contribution in [0.5, 0.6) is 0 Å². The minimum atomic E-state index is 0.870. The molecule has 4 heteroatoms. The third-order valence-electron chi connectivity index (χ3n) is 6.91. The van der Waals surface area contributed by atoms with Crippen LogP contribution < -0.4 is 0 Å². The maximum Gasteiger partial charge on any atom is 0.168 e. The molecular weight excluding hydrogens is 416 g/mol. The lowest BCUT2D eigenvalue weighted by atomic mass is 10.0.